The maximum atomic E-state index is 12.3. The minimum absolute atomic E-state index is 0.173. The summed E-state index contributed by atoms with van der Waals surface area (Å²) in [5.74, 6) is -1.61. The maximum Gasteiger partial charge on any atom is 0.307 e. The van der Waals surface area contributed by atoms with E-state index in [1.165, 1.54) is 6.07 Å². The Kier molecular flexibility index (Phi) is 7.37. The van der Waals surface area contributed by atoms with Gasteiger partial charge in [-0.05, 0) is 67.8 Å². The minimum Gasteiger partial charge on any atom is -0.456 e. The smallest absolute Gasteiger partial charge is 0.307 e. The summed E-state index contributed by atoms with van der Waals surface area (Å²) >= 11 is 3.37. The summed E-state index contributed by atoms with van der Waals surface area (Å²) in [6, 6.07) is 10.1. The normalized spacial score (nSPS) is 11.1. The van der Waals surface area contributed by atoms with Gasteiger partial charge in [-0.25, -0.2) is 8.42 Å². The molecule has 0 aliphatic rings. The van der Waals surface area contributed by atoms with Crippen LogP contribution < -0.4 is 5.32 Å². The fraction of sp³-hybridized carbons (Fsp3) is 0.300. The van der Waals surface area contributed by atoms with Crippen LogP contribution in [0.3, 0.4) is 0 Å². The number of carbonyl (C=O) groups is 2. The van der Waals surface area contributed by atoms with Gasteiger partial charge in [0, 0.05) is 10.2 Å². The molecule has 0 spiro atoms. The molecule has 150 valence electrons. The molecule has 0 radical (unpaired) electrons. The number of hydrogen-bond donors (Lipinski definition) is 1. The van der Waals surface area contributed by atoms with Crippen molar-refractivity contribution in [2.24, 2.45) is 0 Å². The zero-order chi connectivity index (χ0) is 20.9. The van der Waals surface area contributed by atoms with E-state index in [1.54, 1.807) is 30.3 Å². The van der Waals surface area contributed by atoms with Gasteiger partial charge < -0.3 is 10.1 Å². The van der Waals surface area contributed by atoms with E-state index in [9.17, 15) is 18.0 Å². The van der Waals surface area contributed by atoms with Crippen LogP contribution in [0.1, 0.15) is 23.1 Å². The first kappa shape index (κ1) is 22.1. The molecule has 28 heavy (non-hydrogen) atoms. The SMILES string of the molecule is Cc1ccc(S(=O)(=O)CCC(=O)OCC(=O)Nc2ccc(Br)c(C)c2)cc1C. The van der Waals surface area contributed by atoms with Crippen molar-refractivity contribution in [1.82, 2.24) is 0 Å². The third-order valence-corrected chi connectivity index (χ3v) is 6.82. The molecule has 0 aliphatic heterocycles. The van der Waals surface area contributed by atoms with Crippen molar-refractivity contribution in [2.45, 2.75) is 32.1 Å². The van der Waals surface area contributed by atoms with Crippen LogP contribution >= 0.6 is 15.9 Å². The van der Waals surface area contributed by atoms with Crippen molar-refractivity contribution >= 4 is 43.3 Å². The van der Waals surface area contributed by atoms with E-state index in [2.05, 4.69) is 21.2 Å². The molecule has 1 amide bonds. The molecule has 2 aromatic rings. The predicted octanol–water partition coefficient (Wildman–Crippen LogP) is 3.72. The third-order valence-electron chi connectivity index (χ3n) is 4.22. The molecule has 0 atom stereocenters. The number of nitrogens with one attached hydrogen (secondary N) is 1. The van der Waals surface area contributed by atoms with E-state index in [4.69, 9.17) is 4.74 Å². The molecule has 0 fully saturated rings. The lowest BCUT2D eigenvalue weighted by atomic mass is 10.1. The van der Waals surface area contributed by atoms with Crippen molar-refractivity contribution in [2.75, 3.05) is 17.7 Å². The van der Waals surface area contributed by atoms with Gasteiger partial charge in [0.15, 0.2) is 16.4 Å². The number of sulfone groups is 1. The summed E-state index contributed by atoms with van der Waals surface area (Å²) in [5, 5.41) is 2.62. The predicted molar refractivity (Wildman–Crippen MR) is 111 cm³/mol. The van der Waals surface area contributed by atoms with Crippen LogP contribution in [0.5, 0.6) is 0 Å². The first-order valence-corrected chi connectivity index (χ1v) is 11.0. The Morgan fingerprint density at radius 2 is 1.71 bits per heavy atom. The van der Waals surface area contributed by atoms with Crippen molar-refractivity contribution in [3.63, 3.8) is 0 Å². The van der Waals surface area contributed by atoms with E-state index in [0.29, 0.717) is 5.69 Å². The Morgan fingerprint density at radius 1 is 1.00 bits per heavy atom. The van der Waals surface area contributed by atoms with Crippen LogP contribution in [0.4, 0.5) is 5.69 Å². The summed E-state index contributed by atoms with van der Waals surface area (Å²) in [6.07, 6.45) is -0.320. The lowest BCUT2D eigenvalue weighted by Crippen LogP contribution is -2.22. The molecule has 0 saturated carbocycles. The van der Waals surface area contributed by atoms with Crippen molar-refractivity contribution in [3.05, 3.63) is 57.6 Å². The summed E-state index contributed by atoms with van der Waals surface area (Å²) in [6.45, 7) is 5.13. The second-order valence-corrected chi connectivity index (χ2v) is 9.45. The maximum absolute atomic E-state index is 12.3. The van der Waals surface area contributed by atoms with Gasteiger partial charge in [-0.15, -0.1) is 0 Å². The number of anilines is 1. The second kappa shape index (κ2) is 9.34. The fourth-order valence-corrected chi connectivity index (χ4v) is 3.93. The second-order valence-electron chi connectivity index (χ2n) is 6.49. The number of carbonyl (C=O) groups excluding carboxylic acids is 2. The molecular weight excluding hydrogens is 446 g/mol. The summed E-state index contributed by atoms with van der Waals surface area (Å²) < 4.78 is 30.5. The molecule has 0 heterocycles. The van der Waals surface area contributed by atoms with Gasteiger partial charge in [-0.2, -0.15) is 0 Å². The summed E-state index contributed by atoms with van der Waals surface area (Å²) in [7, 11) is -3.60. The van der Waals surface area contributed by atoms with Gasteiger partial charge in [0.25, 0.3) is 5.91 Å². The Bertz CT molecular complexity index is 1000. The highest BCUT2D eigenvalue weighted by atomic mass is 79.9. The number of aryl methyl sites for hydroxylation is 3. The number of amides is 1. The quantitative estimate of drug-likeness (QED) is 0.626. The van der Waals surface area contributed by atoms with Gasteiger partial charge in [-0.3, -0.25) is 9.59 Å². The summed E-state index contributed by atoms with van der Waals surface area (Å²) in [4.78, 5) is 23.9. The average Bonchev–Trinajstić information content (AvgIpc) is 2.63. The third kappa shape index (κ3) is 6.17. The minimum atomic E-state index is -3.60. The number of halogens is 1. The van der Waals surface area contributed by atoms with Crippen molar-refractivity contribution in [1.29, 1.82) is 0 Å². The molecule has 2 rings (SSSR count). The highest BCUT2D eigenvalue weighted by Gasteiger charge is 2.18. The van der Waals surface area contributed by atoms with Crippen LogP contribution in [-0.2, 0) is 24.2 Å². The molecule has 0 saturated heterocycles. The van der Waals surface area contributed by atoms with Crippen LogP contribution in [0.25, 0.3) is 0 Å². The number of hydrogen-bond acceptors (Lipinski definition) is 5. The molecule has 8 heteroatoms. The highest BCUT2D eigenvalue weighted by molar-refractivity contribution is 9.10. The van der Waals surface area contributed by atoms with Crippen molar-refractivity contribution < 1.29 is 22.7 Å². The number of benzene rings is 2. The first-order valence-electron chi connectivity index (χ1n) is 8.60. The standard InChI is InChI=1S/C20H22BrNO5S/c1-13-4-6-17(11-14(13)2)28(25,26)9-8-20(24)27-12-19(23)22-16-5-7-18(21)15(3)10-16/h4-7,10-11H,8-9,12H2,1-3H3,(H,22,23). The molecule has 1 N–H and O–H groups in total. The number of esters is 1. The van der Waals surface area contributed by atoms with E-state index < -0.39 is 28.3 Å². The zero-order valence-corrected chi connectivity index (χ0v) is 18.3. The number of rotatable bonds is 7. The summed E-state index contributed by atoms with van der Waals surface area (Å²) in [5.41, 5.74) is 3.39. The monoisotopic (exact) mass is 467 g/mol. The molecule has 6 nitrogen and oxygen atoms in total. The molecule has 0 aliphatic carbocycles. The van der Waals surface area contributed by atoms with Gasteiger partial charge >= 0.3 is 5.97 Å². The largest absolute Gasteiger partial charge is 0.456 e. The topological polar surface area (TPSA) is 89.5 Å². The highest BCUT2D eigenvalue weighted by Crippen LogP contribution is 2.20. The Labute approximate surface area is 173 Å². The Balaban J connectivity index is 1.83. The van der Waals surface area contributed by atoms with Crippen molar-refractivity contribution in [3.8, 4) is 0 Å². The van der Waals surface area contributed by atoms with Crippen LogP contribution in [0.2, 0.25) is 0 Å². The zero-order valence-electron chi connectivity index (χ0n) is 15.9. The van der Waals surface area contributed by atoms with Gasteiger partial charge in [-0.1, -0.05) is 22.0 Å². The van der Waals surface area contributed by atoms with Gasteiger partial charge in [0.1, 0.15) is 0 Å². The van der Waals surface area contributed by atoms with Crippen LogP contribution in [0, 0.1) is 20.8 Å². The van der Waals surface area contributed by atoms with E-state index >= 15 is 0 Å². The molecule has 0 unspecified atom stereocenters. The number of ether oxygens (including phenoxy) is 1. The van der Waals surface area contributed by atoms with Gasteiger partial charge in [0.05, 0.1) is 17.1 Å². The lowest BCUT2D eigenvalue weighted by molar-refractivity contribution is -0.146. The molecule has 2 aromatic carbocycles. The van der Waals surface area contributed by atoms with Crippen LogP contribution in [-0.4, -0.2) is 32.7 Å². The molecular formula is C20H22BrNO5S. The van der Waals surface area contributed by atoms with E-state index in [0.717, 1.165) is 21.2 Å². The molecule has 0 aromatic heterocycles. The Hall–Kier alpha value is -2.19. The van der Waals surface area contributed by atoms with E-state index in [-0.39, 0.29) is 17.1 Å². The molecule has 0 bridgehead atoms. The van der Waals surface area contributed by atoms with Crippen LogP contribution in [0.15, 0.2) is 45.8 Å². The van der Waals surface area contributed by atoms with Gasteiger partial charge in [0.2, 0.25) is 0 Å². The lowest BCUT2D eigenvalue weighted by Gasteiger charge is -2.09. The van der Waals surface area contributed by atoms with E-state index in [1.807, 2.05) is 20.8 Å². The first-order chi connectivity index (χ1) is 13.1. The Morgan fingerprint density at radius 3 is 2.36 bits per heavy atom. The fourth-order valence-electron chi connectivity index (χ4n) is 2.38. The average molecular weight is 468 g/mol.